The van der Waals surface area contributed by atoms with Crippen LogP contribution >= 0.6 is 0 Å². The Morgan fingerprint density at radius 1 is 1.31 bits per heavy atom. The van der Waals surface area contributed by atoms with Crippen molar-refractivity contribution in [1.82, 2.24) is 29.4 Å². The minimum absolute atomic E-state index is 0.346. The van der Waals surface area contributed by atoms with Gasteiger partial charge in [0.15, 0.2) is 17.2 Å². The second-order valence-corrected chi connectivity index (χ2v) is 5.86. The zero-order chi connectivity index (χ0) is 18.5. The predicted molar refractivity (Wildman–Crippen MR) is 80.8 cm³/mol. The molecule has 1 saturated heterocycles. The molecule has 0 amide bonds. The number of carbonyl (C=O) groups is 1. The Bertz CT molecular complexity index is 980. The Hall–Kier alpha value is -3.18. The molecule has 1 aliphatic rings. The molecule has 1 N–H and O–H groups in total. The molecule has 4 rings (SSSR count). The number of nitrogens with zero attached hydrogens (tertiary/aromatic N) is 7. The van der Waals surface area contributed by atoms with E-state index in [0.29, 0.717) is 31.0 Å². The van der Waals surface area contributed by atoms with Crippen molar-refractivity contribution in [3.63, 3.8) is 0 Å². The Morgan fingerprint density at radius 3 is 2.81 bits per heavy atom. The fourth-order valence-electron chi connectivity index (χ4n) is 3.07. The quantitative estimate of drug-likeness (QED) is 0.748. The average Bonchev–Trinajstić information content (AvgIpc) is 3.31. The summed E-state index contributed by atoms with van der Waals surface area (Å²) in [4.78, 5) is 21.1. The minimum atomic E-state index is -4.83. The summed E-state index contributed by atoms with van der Waals surface area (Å²) in [7, 11) is 0. The van der Waals surface area contributed by atoms with Gasteiger partial charge in [-0.15, -0.1) is 0 Å². The van der Waals surface area contributed by atoms with Crippen LogP contribution in [0.3, 0.4) is 0 Å². The molecule has 136 valence electrons. The number of halogens is 3. The Balaban J connectivity index is 1.63. The van der Waals surface area contributed by atoms with E-state index in [4.69, 9.17) is 5.11 Å². The first-order valence-electron chi connectivity index (χ1n) is 7.63. The Labute approximate surface area is 143 Å². The first-order chi connectivity index (χ1) is 12.3. The third-order valence-electron chi connectivity index (χ3n) is 4.26. The number of hydrogen-bond acceptors (Lipinski definition) is 6. The third kappa shape index (κ3) is 2.62. The molecule has 26 heavy (non-hydrogen) atoms. The Kier molecular flexibility index (Phi) is 3.56. The fraction of sp³-hybridized carbons (Fsp3) is 0.357. The van der Waals surface area contributed by atoms with Crippen LogP contribution in [0.1, 0.15) is 28.5 Å². The zero-order valence-corrected chi connectivity index (χ0v) is 13.1. The van der Waals surface area contributed by atoms with E-state index in [0.717, 1.165) is 10.9 Å². The van der Waals surface area contributed by atoms with Crippen LogP contribution in [-0.2, 0) is 6.18 Å². The number of hydrogen-bond donors (Lipinski definition) is 1. The number of anilines is 1. The lowest BCUT2D eigenvalue weighted by atomic mass is 10.2. The van der Waals surface area contributed by atoms with E-state index in [2.05, 4.69) is 20.2 Å². The van der Waals surface area contributed by atoms with Gasteiger partial charge in [-0.25, -0.2) is 9.78 Å². The molecule has 1 atom stereocenters. The summed E-state index contributed by atoms with van der Waals surface area (Å²) in [6.45, 7) is 0.883. The van der Waals surface area contributed by atoms with Crippen LogP contribution in [0.15, 0.2) is 24.9 Å². The largest absolute Gasteiger partial charge is 0.478 e. The monoisotopic (exact) mass is 367 g/mol. The molecule has 1 fully saturated rings. The van der Waals surface area contributed by atoms with E-state index in [1.54, 1.807) is 16.9 Å². The number of carboxylic acids is 1. The lowest BCUT2D eigenvalue weighted by Crippen LogP contribution is -2.24. The molecule has 12 heteroatoms. The fourth-order valence-corrected chi connectivity index (χ4v) is 3.07. The molecule has 9 nitrogen and oxygen atoms in total. The molecule has 0 bridgehead atoms. The average molecular weight is 367 g/mol. The standard InChI is InChI=1S/C14H12F3N7O2/c15-14(16,17)12-9(13(25)26)6-23(21-12)8-1-2-22(5-8)11-4-18-3-10-19-7-20-24(10)11/h3-4,6-8H,1-2,5H2,(H,25,26). The highest BCUT2D eigenvalue weighted by atomic mass is 19.4. The first-order valence-corrected chi connectivity index (χ1v) is 7.63. The van der Waals surface area contributed by atoms with Crippen LogP contribution in [0.5, 0.6) is 0 Å². The molecule has 0 aromatic carbocycles. The topological polar surface area (TPSA) is 101 Å². The number of aromatic carboxylic acids is 1. The van der Waals surface area contributed by atoms with Crippen molar-refractivity contribution in [2.45, 2.75) is 18.6 Å². The highest BCUT2D eigenvalue weighted by molar-refractivity contribution is 5.88. The van der Waals surface area contributed by atoms with Crippen molar-refractivity contribution in [1.29, 1.82) is 0 Å². The van der Waals surface area contributed by atoms with E-state index in [9.17, 15) is 18.0 Å². The van der Waals surface area contributed by atoms with Crippen LogP contribution < -0.4 is 4.90 Å². The number of aromatic nitrogens is 6. The summed E-state index contributed by atoms with van der Waals surface area (Å²) in [5, 5.41) is 16.6. The van der Waals surface area contributed by atoms with E-state index in [1.807, 2.05) is 4.90 Å². The van der Waals surface area contributed by atoms with Gasteiger partial charge < -0.3 is 10.0 Å². The molecular formula is C14H12F3N7O2. The van der Waals surface area contributed by atoms with Crippen LogP contribution in [0.25, 0.3) is 5.65 Å². The van der Waals surface area contributed by atoms with Crippen molar-refractivity contribution < 1.29 is 23.1 Å². The van der Waals surface area contributed by atoms with Crippen LogP contribution in [0.4, 0.5) is 19.0 Å². The smallest absolute Gasteiger partial charge is 0.436 e. The van der Waals surface area contributed by atoms with Gasteiger partial charge in [0.25, 0.3) is 0 Å². The molecular weight excluding hydrogens is 355 g/mol. The first kappa shape index (κ1) is 16.3. The van der Waals surface area contributed by atoms with Crippen molar-refractivity contribution in [2.75, 3.05) is 18.0 Å². The maximum atomic E-state index is 13.0. The Morgan fingerprint density at radius 2 is 2.12 bits per heavy atom. The summed E-state index contributed by atoms with van der Waals surface area (Å²) < 4.78 is 41.7. The van der Waals surface area contributed by atoms with Crippen molar-refractivity contribution in [3.8, 4) is 0 Å². The summed E-state index contributed by atoms with van der Waals surface area (Å²) >= 11 is 0. The third-order valence-corrected chi connectivity index (χ3v) is 4.26. The van der Waals surface area contributed by atoms with Crippen LogP contribution in [0, 0.1) is 0 Å². The summed E-state index contributed by atoms with van der Waals surface area (Å²) in [5.41, 5.74) is -1.68. The van der Waals surface area contributed by atoms with Gasteiger partial charge in [0.2, 0.25) is 0 Å². The van der Waals surface area contributed by atoms with Gasteiger partial charge in [-0.1, -0.05) is 0 Å². The zero-order valence-electron chi connectivity index (χ0n) is 13.1. The van der Waals surface area contributed by atoms with Gasteiger partial charge >= 0.3 is 12.1 Å². The minimum Gasteiger partial charge on any atom is -0.478 e. The van der Waals surface area contributed by atoms with Gasteiger partial charge in [-0.2, -0.15) is 27.9 Å². The van der Waals surface area contributed by atoms with Gasteiger partial charge in [0.1, 0.15) is 11.9 Å². The van der Waals surface area contributed by atoms with E-state index < -0.39 is 29.4 Å². The maximum absolute atomic E-state index is 13.0. The molecule has 3 aromatic heterocycles. The SMILES string of the molecule is O=C(O)c1cn(C2CCN(c3cncc4ncnn34)C2)nc1C(F)(F)F. The molecule has 0 radical (unpaired) electrons. The maximum Gasteiger partial charge on any atom is 0.436 e. The van der Waals surface area contributed by atoms with Crippen LogP contribution in [-0.4, -0.2) is 53.5 Å². The lowest BCUT2D eigenvalue weighted by molar-refractivity contribution is -0.142. The second-order valence-electron chi connectivity index (χ2n) is 5.86. The van der Waals surface area contributed by atoms with E-state index in [1.165, 1.54) is 6.33 Å². The lowest BCUT2D eigenvalue weighted by Gasteiger charge is -2.18. The van der Waals surface area contributed by atoms with E-state index in [-0.39, 0.29) is 0 Å². The normalized spacial score (nSPS) is 18.0. The van der Waals surface area contributed by atoms with Gasteiger partial charge in [-0.3, -0.25) is 9.67 Å². The molecule has 1 unspecified atom stereocenters. The molecule has 0 spiro atoms. The van der Waals surface area contributed by atoms with E-state index >= 15 is 0 Å². The molecule has 1 aliphatic heterocycles. The number of carboxylic acid groups (broad SMARTS) is 1. The summed E-state index contributed by atoms with van der Waals surface area (Å²) in [6, 6.07) is -0.400. The highest BCUT2D eigenvalue weighted by Gasteiger charge is 2.40. The number of fused-ring (bicyclic) bond motifs is 1. The molecule has 4 heterocycles. The van der Waals surface area contributed by atoms with Crippen LogP contribution in [0.2, 0.25) is 0 Å². The van der Waals surface area contributed by atoms with Gasteiger partial charge in [0.05, 0.1) is 18.4 Å². The number of alkyl halides is 3. The number of rotatable bonds is 3. The van der Waals surface area contributed by atoms with Gasteiger partial charge in [-0.05, 0) is 6.42 Å². The van der Waals surface area contributed by atoms with Crippen molar-refractivity contribution >= 4 is 17.4 Å². The second kappa shape index (κ2) is 5.68. The highest BCUT2D eigenvalue weighted by Crippen LogP contribution is 2.33. The van der Waals surface area contributed by atoms with Gasteiger partial charge in [0, 0.05) is 19.3 Å². The predicted octanol–water partition coefficient (Wildman–Crippen LogP) is 1.49. The molecule has 3 aromatic rings. The summed E-state index contributed by atoms with van der Waals surface area (Å²) in [5.74, 6) is -1.00. The van der Waals surface area contributed by atoms with Crippen molar-refractivity contribution in [2.24, 2.45) is 0 Å². The summed E-state index contributed by atoms with van der Waals surface area (Å²) in [6.07, 6.45) is 1.14. The van der Waals surface area contributed by atoms with Crippen molar-refractivity contribution in [3.05, 3.63) is 36.2 Å². The molecule has 0 saturated carbocycles. The molecule has 0 aliphatic carbocycles.